The molecule has 1 aliphatic heterocycles. The van der Waals surface area contributed by atoms with Crippen molar-refractivity contribution >= 4 is 5.96 Å². The molecule has 4 heteroatoms. The largest absolute Gasteiger partial charge is 0.378 e. The number of guanidine groups is 1. The van der Waals surface area contributed by atoms with Gasteiger partial charge in [0, 0.05) is 26.2 Å². The zero-order valence-corrected chi connectivity index (χ0v) is 13.7. The van der Waals surface area contributed by atoms with Crippen molar-refractivity contribution in [3.05, 3.63) is 0 Å². The fourth-order valence-electron chi connectivity index (χ4n) is 2.56. The molecule has 2 atom stereocenters. The Morgan fingerprint density at radius 2 is 2.10 bits per heavy atom. The zero-order chi connectivity index (χ0) is 14.8. The minimum atomic E-state index is 0.448. The molecule has 2 N–H and O–H groups in total. The number of ether oxygens (including phenoxy) is 1. The van der Waals surface area contributed by atoms with Gasteiger partial charge in [-0.3, -0.25) is 4.99 Å². The summed E-state index contributed by atoms with van der Waals surface area (Å²) >= 11 is 0. The van der Waals surface area contributed by atoms with Crippen LogP contribution >= 0.6 is 0 Å². The molecule has 0 aromatic carbocycles. The van der Waals surface area contributed by atoms with Crippen LogP contribution in [0.1, 0.15) is 59.3 Å². The summed E-state index contributed by atoms with van der Waals surface area (Å²) < 4.78 is 5.62. The maximum absolute atomic E-state index is 5.62. The lowest BCUT2D eigenvalue weighted by Crippen LogP contribution is -2.43. The van der Waals surface area contributed by atoms with Gasteiger partial charge in [0.1, 0.15) is 0 Å². The third-order valence-electron chi connectivity index (χ3n) is 3.81. The summed E-state index contributed by atoms with van der Waals surface area (Å²) in [5.41, 5.74) is 0. The Labute approximate surface area is 124 Å². The number of hydrogen-bond acceptors (Lipinski definition) is 2. The molecule has 0 spiro atoms. The van der Waals surface area contributed by atoms with E-state index in [2.05, 4.69) is 36.4 Å². The summed E-state index contributed by atoms with van der Waals surface area (Å²) in [5, 5.41) is 6.85. The molecule has 1 rings (SSSR count). The van der Waals surface area contributed by atoms with Gasteiger partial charge in [0.15, 0.2) is 5.96 Å². The van der Waals surface area contributed by atoms with Crippen molar-refractivity contribution in [3.63, 3.8) is 0 Å². The summed E-state index contributed by atoms with van der Waals surface area (Å²) in [4.78, 5) is 4.29. The minimum absolute atomic E-state index is 0.448. The van der Waals surface area contributed by atoms with E-state index in [4.69, 9.17) is 4.74 Å². The standard InChI is InChI=1S/C16H33N3O/c1-13(2)7-5-8-14(3)19-16(17-4)18-11-10-15-9-6-12-20-15/h13-15H,5-12H2,1-4H3,(H2,17,18,19). The lowest BCUT2D eigenvalue weighted by molar-refractivity contribution is 0.105. The van der Waals surface area contributed by atoms with Crippen molar-refractivity contribution < 1.29 is 4.74 Å². The molecule has 0 radical (unpaired) electrons. The summed E-state index contributed by atoms with van der Waals surface area (Å²) in [6, 6.07) is 0.475. The maximum Gasteiger partial charge on any atom is 0.191 e. The van der Waals surface area contributed by atoms with E-state index in [1.807, 2.05) is 7.05 Å². The van der Waals surface area contributed by atoms with Crippen LogP contribution in [-0.4, -0.2) is 38.3 Å². The third kappa shape index (κ3) is 7.73. The Balaban J connectivity index is 2.11. The first kappa shape index (κ1) is 17.3. The van der Waals surface area contributed by atoms with Crippen LogP contribution in [0.25, 0.3) is 0 Å². The topological polar surface area (TPSA) is 45.7 Å². The number of nitrogens with zero attached hydrogens (tertiary/aromatic N) is 1. The van der Waals surface area contributed by atoms with Gasteiger partial charge in [0.05, 0.1) is 6.10 Å². The minimum Gasteiger partial charge on any atom is -0.378 e. The number of aliphatic imine (C=N–C) groups is 1. The van der Waals surface area contributed by atoms with Crippen molar-refractivity contribution in [2.75, 3.05) is 20.2 Å². The van der Waals surface area contributed by atoms with Gasteiger partial charge in [-0.2, -0.15) is 0 Å². The van der Waals surface area contributed by atoms with Gasteiger partial charge < -0.3 is 15.4 Å². The monoisotopic (exact) mass is 283 g/mol. The highest BCUT2D eigenvalue weighted by Crippen LogP contribution is 2.14. The van der Waals surface area contributed by atoms with Crippen LogP contribution in [0.15, 0.2) is 4.99 Å². The summed E-state index contributed by atoms with van der Waals surface area (Å²) in [5.74, 6) is 1.71. The molecule has 2 unspecified atom stereocenters. The molecule has 118 valence electrons. The van der Waals surface area contributed by atoms with Crippen LogP contribution in [0.4, 0.5) is 0 Å². The molecule has 1 heterocycles. The van der Waals surface area contributed by atoms with E-state index in [0.29, 0.717) is 12.1 Å². The van der Waals surface area contributed by atoms with Crippen LogP contribution in [0.5, 0.6) is 0 Å². The van der Waals surface area contributed by atoms with Crippen molar-refractivity contribution in [1.82, 2.24) is 10.6 Å². The maximum atomic E-state index is 5.62. The molecular weight excluding hydrogens is 250 g/mol. The van der Waals surface area contributed by atoms with Crippen molar-refractivity contribution in [1.29, 1.82) is 0 Å². The average Bonchev–Trinajstić information content (AvgIpc) is 2.90. The molecular formula is C16H33N3O. The molecule has 0 amide bonds. The van der Waals surface area contributed by atoms with Gasteiger partial charge in [0.25, 0.3) is 0 Å². The van der Waals surface area contributed by atoms with Gasteiger partial charge in [-0.15, -0.1) is 0 Å². The van der Waals surface area contributed by atoms with E-state index in [0.717, 1.165) is 31.4 Å². The number of nitrogens with one attached hydrogen (secondary N) is 2. The molecule has 1 fully saturated rings. The number of hydrogen-bond donors (Lipinski definition) is 2. The SMILES string of the molecule is CN=C(NCCC1CCCO1)NC(C)CCCC(C)C. The van der Waals surface area contributed by atoms with E-state index < -0.39 is 0 Å². The summed E-state index contributed by atoms with van der Waals surface area (Å²) in [6.45, 7) is 8.66. The summed E-state index contributed by atoms with van der Waals surface area (Å²) in [6.07, 6.45) is 7.72. The van der Waals surface area contributed by atoms with Crippen molar-refractivity contribution in [2.45, 2.75) is 71.4 Å². The summed E-state index contributed by atoms with van der Waals surface area (Å²) in [7, 11) is 1.84. The molecule has 0 aromatic heterocycles. The predicted molar refractivity (Wildman–Crippen MR) is 86.2 cm³/mol. The highest BCUT2D eigenvalue weighted by Gasteiger charge is 2.15. The molecule has 0 aromatic rings. The highest BCUT2D eigenvalue weighted by molar-refractivity contribution is 5.79. The second-order valence-electron chi connectivity index (χ2n) is 6.29. The van der Waals surface area contributed by atoms with E-state index >= 15 is 0 Å². The van der Waals surface area contributed by atoms with E-state index in [1.165, 1.54) is 32.1 Å². The molecule has 0 saturated carbocycles. The average molecular weight is 283 g/mol. The quantitative estimate of drug-likeness (QED) is 0.532. The Morgan fingerprint density at radius 3 is 2.70 bits per heavy atom. The van der Waals surface area contributed by atoms with E-state index in [-0.39, 0.29) is 0 Å². The van der Waals surface area contributed by atoms with E-state index in [9.17, 15) is 0 Å². The van der Waals surface area contributed by atoms with E-state index in [1.54, 1.807) is 0 Å². The smallest absolute Gasteiger partial charge is 0.191 e. The fraction of sp³-hybridized carbons (Fsp3) is 0.938. The van der Waals surface area contributed by atoms with Gasteiger partial charge in [0.2, 0.25) is 0 Å². The lowest BCUT2D eigenvalue weighted by Gasteiger charge is -2.19. The van der Waals surface area contributed by atoms with Gasteiger partial charge in [-0.25, -0.2) is 0 Å². The van der Waals surface area contributed by atoms with Gasteiger partial charge in [-0.05, 0) is 38.5 Å². The second-order valence-corrected chi connectivity index (χ2v) is 6.29. The first-order valence-corrected chi connectivity index (χ1v) is 8.20. The van der Waals surface area contributed by atoms with Crippen LogP contribution in [0.3, 0.4) is 0 Å². The van der Waals surface area contributed by atoms with Crippen LogP contribution in [0, 0.1) is 5.92 Å². The molecule has 0 bridgehead atoms. The zero-order valence-electron chi connectivity index (χ0n) is 13.7. The highest BCUT2D eigenvalue weighted by atomic mass is 16.5. The van der Waals surface area contributed by atoms with Crippen LogP contribution in [-0.2, 0) is 4.74 Å². The predicted octanol–water partition coefficient (Wildman–Crippen LogP) is 2.94. The molecule has 20 heavy (non-hydrogen) atoms. The van der Waals surface area contributed by atoms with Crippen LogP contribution < -0.4 is 10.6 Å². The first-order valence-electron chi connectivity index (χ1n) is 8.20. The fourth-order valence-corrected chi connectivity index (χ4v) is 2.56. The van der Waals surface area contributed by atoms with Gasteiger partial charge >= 0.3 is 0 Å². The second kappa shape index (κ2) is 10.0. The normalized spacial score (nSPS) is 21.2. The third-order valence-corrected chi connectivity index (χ3v) is 3.81. The van der Waals surface area contributed by atoms with Gasteiger partial charge in [-0.1, -0.05) is 26.7 Å². The Morgan fingerprint density at radius 1 is 1.30 bits per heavy atom. The lowest BCUT2D eigenvalue weighted by atomic mass is 10.0. The molecule has 4 nitrogen and oxygen atoms in total. The Kier molecular flexibility index (Phi) is 8.67. The Bertz CT molecular complexity index is 273. The van der Waals surface area contributed by atoms with Crippen molar-refractivity contribution in [3.8, 4) is 0 Å². The molecule has 0 aliphatic carbocycles. The number of rotatable bonds is 8. The Hall–Kier alpha value is -0.770. The molecule has 1 aliphatic rings. The van der Waals surface area contributed by atoms with Crippen LogP contribution in [0.2, 0.25) is 0 Å². The molecule has 1 saturated heterocycles. The first-order chi connectivity index (χ1) is 9.61. The van der Waals surface area contributed by atoms with Crippen molar-refractivity contribution in [2.24, 2.45) is 10.9 Å².